The van der Waals surface area contributed by atoms with Gasteiger partial charge in [-0.3, -0.25) is 19.6 Å². The van der Waals surface area contributed by atoms with Crippen molar-refractivity contribution in [3.63, 3.8) is 0 Å². The molecule has 2 aliphatic rings. The largest absolute Gasteiger partial charge is 0.375 e. The second kappa shape index (κ2) is 8.79. The Labute approximate surface area is 159 Å². The van der Waals surface area contributed by atoms with Crippen LogP contribution in [0.4, 0.5) is 0 Å². The number of aromatic nitrogens is 3. The van der Waals surface area contributed by atoms with Crippen LogP contribution in [0, 0.1) is 6.92 Å². The summed E-state index contributed by atoms with van der Waals surface area (Å²) >= 11 is 0. The standard InChI is InChI=1S/C18H30N6O3/c1-12-19-18(22-21-12)15-6-9-24(10-16(15)20-17(26)11-27-3)14-4-7-23(8-5-14)13(2)25/h14-16H,4-11H2,1-3H3,(H,20,26)(H,19,21,22)/t15-,16+/m0/s1. The third-order valence-electron chi connectivity index (χ3n) is 5.64. The van der Waals surface area contributed by atoms with E-state index < -0.39 is 0 Å². The van der Waals surface area contributed by atoms with E-state index in [1.165, 1.54) is 7.11 Å². The summed E-state index contributed by atoms with van der Waals surface area (Å²) in [5, 5.41) is 10.3. The van der Waals surface area contributed by atoms with E-state index in [-0.39, 0.29) is 30.4 Å². The highest BCUT2D eigenvalue weighted by Gasteiger charge is 2.37. The van der Waals surface area contributed by atoms with Crippen molar-refractivity contribution in [2.75, 3.05) is 39.9 Å². The van der Waals surface area contributed by atoms with E-state index in [1.54, 1.807) is 6.92 Å². The molecule has 2 saturated heterocycles. The number of ether oxygens (including phenoxy) is 1. The molecule has 27 heavy (non-hydrogen) atoms. The van der Waals surface area contributed by atoms with Crippen LogP contribution in [0.15, 0.2) is 0 Å². The summed E-state index contributed by atoms with van der Waals surface area (Å²) in [5.41, 5.74) is 0. The molecule has 0 aromatic carbocycles. The van der Waals surface area contributed by atoms with Gasteiger partial charge in [-0.25, -0.2) is 4.98 Å². The second-order valence-corrected chi connectivity index (χ2v) is 7.51. The van der Waals surface area contributed by atoms with Gasteiger partial charge in [0.15, 0.2) is 5.82 Å². The van der Waals surface area contributed by atoms with Crippen LogP contribution < -0.4 is 5.32 Å². The SMILES string of the molecule is COCC(=O)N[C@@H]1CN(C2CCN(C(C)=O)CC2)CC[C@@H]1c1n[nH]c(C)n1. The number of aryl methyl sites for hydroxylation is 1. The van der Waals surface area contributed by atoms with Crippen molar-refractivity contribution in [3.8, 4) is 0 Å². The quantitative estimate of drug-likeness (QED) is 0.750. The van der Waals surface area contributed by atoms with Crippen LogP contribution in [0.2, 0.25) is 0 Å². The third kappa shape index (κ3) is 4.84. The molecule has 9 heteroatoms. The van der Waals surface area contributed by atoms with Crippen LogP contribution in [0.1, 0.15) is 43.8 Å². The molecular weight excluding hydrogens is 348 g/mol. The first kappa shape index (κ1) is 19.8. The molecule has 2 fully saturated rings. The van der Waals surface area contributed by atoms with Crippen LogP contribution in [0.3, 0.4) is 0 Å². The normalized spacial score (nSPS) is 24.8. The summed E-state index contributed by atoms with van der Waals surface area (Å²) in [7, 11) is 1.52. The van der Waals surface area contributed by atoms with Crippen molar-refractivity contribution in [3.05, 3.63) is 11.6 Å². The number of methoxy groups -OCH3 is 1. The summed E-state index contributed by atoms with van der Waals surface area (Å²) in [6.07, 6.45) is 2.84. The molecule has 2 aliphatic heterocycles. The Balaban J connectivity index is 1.66. The lowest BCUT2D eigenvalue weighted by Crippen LogP contribution is -2.56. The molecule has 0 unspecified atom stereocenters. The van der Waals surface area contributed by atoms with Crippen molar-refractivity contribution in [2.24, 2.45) is 0 Å². The molecule has 0 radical (unpaired) electrons. The van der Waals surface area contributed by atoms with Gasteiger partial charge in [0.05, 0.1) is 6.04 Å². The first-order valence-electron chi connectivity index (χ1n) is 9.64. The van der Waals surface area contributed by atoms with Crippen LogP contribution in [0.5, 0.6) is 0 Å². The van der Waals surface area contributed by atoms with Crippen molar-refractivity contribution >= 4 is 11.8 Å². The molecule has 0 spiro atoms. The maximum absolute atomic E-state index is 12.1. The first-order valence-corrected chi connectivity index (χ1v) is 9.64. The van der Waals surface area contributed by atoms with E-state index in [1.807, 2.05) is 11.8 Å². The minimum Gasteiger partial charge on any atom is -0.375 e. The van der Waals surface area contributed by atoms with Gasteiger partial charge >= 0.3 is 0 Å². The summed E-state index contributed by atoms with van der Waals surface area (Å²) < 4.78 is 4.97. The number of nitrogens with one attached hydrogen (secondary N) is 2. The maximum Gasteiger partial charge on any atom is 0.246 e. The molecule has 0 aliphatic carbocycles. The number of carbonyl (C=O) groups is 2. The highest BCUT2D eigenvalue weighted by molar-refractivity contribution is 5.77. The number of piperidine rings is 2. The predicted octanol–water partition coefficient (Wildman–Crippen LogP) is 0.0445. The summed E-state index contributed by atoms with van der Waals surface area (Å²) in [5.74, 6) is 1.67. The number of amides is 2. The van der Waals surface area contributed by atoms with Gasteiger partial charge in [0.2, 0.25) is 11.8 Å². The van der Waals surface area contributed by atoms with Crippen LogP contribution >= 0.6 is 0 Å². The number of aromatic amines is 1. The topological polar surface area (TPSA) is 103 Å². The fourth-order valence-electron chi connectivity index (χ4n) is 4.22. The lowest BCUT2D eigenvalue weighted by molar-refractivity contribution is -0.131. The first-order chi connectivity index (χ1) is 13.0. The van der Waals surface area contributed by atoms with Gasteiger partial charge in [-0.15, -0.1) is 0 Å². The van der Waals surface area contributed by atoms with E-state index in [9.17, 15) is 9.59 Å². The second-order valence-electron chi connectivity index (χ2n) is 7.51. The Kier molecular flexibility index (Phi) is 6.43. The van der Waals surface area contributed by atoms with Crippen molar-refractivity contribution in [1.29, 1.82) is 0 Å². The fourth-order valence-corrected chi connectivity index (χ4v) is 4.22. The highest BCUT2D eigenvalue weighted by Crippen LogP contribution is 2.29. The van der Waals surface area contributed by atoms with Gasteiger partial charge in [0, 0.05) is 45.6 Å². The van der Waals surface area contributed by atoms with Crippen LogP contribution in [0.25, 0.3) is 0 Å². The maximum atomic E-state index is 12.1. The molecule has 2 amide bonds. The Hall–Kier alpha value is -2.00. The molecule has 2 atom stereocenters. The molecule has 150 valence electrons. The minimum atomic E-state index is -0.118. The average molecular weight is 378 g/mol. The number of hydrogen-bond acceptors (Lipinski definition) is 6. The number of rotatable bonds is 5. The lowest BCUT2D eigenvalue weighted by Gasteiger charge is -2.44. The molecule has 0 saturated carbocycles. The highest BCUT2D eigenvalue weighted by atomic mass is 16.5. The van der Waals surface area contributed by atoms with Gasteiger partial charge in [-0.05, 0) is 32.7 Å². The van der Waals surface area contributed by atoms with Crippen molar-refractivity contribution < 1.29 is 14.3 Å². The fraction of sp³-hybridized carbons (Fsp3) is 0.778. The molecule has 0 bridgehead atoms. The Morgan fingerprint density at radius 3 is 2.59 bits per heavy atom. The summed E-state index contributed by atoms with van der Waals surface area (Å²) in [6.45, 7) is 6.88. The molecular formula is C18H30N6O3. The zero-order valence-electron chi connectivity index (χ0n) is 16.4. The smallest absolute Gasteiger partial charge is 0.246 e. The number of H-pyrrole nitrogens is 1. The predicted molar refractivity (Wildman–Crippen MR) is 99.1 cm³/mol. The van der Waals surface area contributed by atoms with Gasteiger partial charge in [0.25, 0.3) is 0 Å². The zero-order chi connectivity index (χ0) is 19.4. The van der Waals surface area contributed by atoms with Gasteiger partial charge in [-0.1, -0.05) is 0 Å². The number of nitrogens with zero attached hydrogens (tertiary/aromatic N) is 4. The van der Waals surface area contributed by atoms with Crippen LogP contribution in [-0.4, -0.2) is 88.8 Å². The van der Waals surface area contributed by atoms with Crippen molar-refractivity contribution in [1.82, 2.24) is 30.3 Å². The zero-order valence-corrected chi connectivity index (χ0v) is 16.4. The number of likely N-dealkylation sites (tertiary alicyclic amines) is 2. The van der Waals surface area contributed by atoms with Gasteiger partial charge < -0.3 is 15.0 Å². The number of hydrogen-bond donors (Lipinski definition) is 2. The van der Waals surface area contributed by atoms with E-state index >= 15 is 0 Å². The Bertz CT molecular complexity index is 655. The molecule has 9 nitrogen and oxygen atoms in total. The van der Waals surface area contributed by atoms with E-state index in [4.69, 9.17) is 4.74 Å². The molecule has 3 rings (SSSR count). The Morgan fingerprint density at radius 1 is 1.26 bits per heavy atom. The van der Waals surface area contributed by atoms with Crippen LogP contribution in [-0.2, 0) is 14.3 Å². The van der Waals surface area contributed by atoms with E-state index in [0.717, 1.165) is 57.1 Å². The summed E-state index contributed by atoms with van der Waals surface area (Å²) in [4.78, 5) is 32.6. The summed E-state index contributed by atoms with van der Waals surface area (Å²) in [6, 6.07) is 0.389. The van der Waals surface area contributed by atoms with Crippen molar-refractivity contribution in [2.45, 2.75) is 51.1 Å². The van der Waals surface area contributed by atoms with E-state index in [0.29, 0.717) is 6.04 Å². The monoisotopic (exact) mass is 378 g/mol. The molecule has 1 aromatic heterocycles. The van der Waals surface area contributed by atoms with Gasteiger partial charge in [0.1, 0.15) is 12.4 Å². The van der Waals surface area contributed by atoms with Gasteiger partial charge in [-0.2, -0.15) is 5.10 Å². The minimum absolute atomic E-state index is 0.0489. The molecule has 2 N–H and O–H groups in total. The Morgan fingerprint density at radius 2 is 2.00 bits per heavy atom. The third-order valence-corrected chi connectivity index (χ3v) is 5.64. The lowest BCUT2D eigenvalue weighted by atomic mass is 9.88. The van der Waals surface area contributed by atoms with E-state index in [2.05, 4.69) is 25.4 Å². The molecule has 3 heterocycles. The number of carbonyl (C=O) groups excluding carboxylic acids is 2. The average Bonchev–Trinajstić information content (AvgIpc) is 3.08. The molecule has 1 aromatic rings.